The molecule has 0 fully saturated rings. The van der Waals surface area contributed by atoms with Crippen molar-refractivity contribution in [2.24, 2.45) is 0 Å². The molecule has 0 radical (unpaired) electrons. The summed E-state index contributed by atoms with van der Waals surface area (Å²) >= 11 is 0. The lowest BCUT2D eigenvalue weighted by Crippen LogP contribution is -2.12. The summed E-state index contributed by atoms with van der Waals surface area (Å²) in [6, 6.07) is 0. The lowest BCUT2D eigenvalue weighted by molar-refractivity contribution is 1.24. The molecule has 0 aliphatic heterocycles. The van der Waals surface area contributed by atoms with E-state index in [1.807, 2.05) is 14.0 Å². The van der Waals surface area contributed by atoms with E-state index in [4.69, 9.17) is 0 Å². The first-order chi connectivity index (χ1) is 2.77. The largest absolute Gasteiger partial charge is 0.358 e. The molecule has 1 N–H and O–H groups in total. The van der Waals surface area contributed by atoms with Crippen molar-refractivity contribution < 1.29 is 0 Å². The van der Waals surface area contributed by atoms with Gasteiger partial charge in [-0.05, 0) is 7.05 Å². The maximum absolute atomic E-state index is 3.68. The van der Waals surface area contributed by atoms with Crippen molar-refractivity contribution in [1.82, 2.24) is 5.23 Å². The summed E-state index contributed by atoms with van der Waals surface area (Å²) in [5.41, 5.74) is 1.18. The zero-order valence-electron chi connectivity index (χ0n) is 4.41. The van der Waals surface area contributed by atoms with Crippen molar-refractivity contribution in [3.8, 4) is 0 Å². The third-order valence-corrected chi connectivity index (χ3v) is 0.479. The summed E-state index contributed by atoms with van der Waals surface area (Å²) < 4.78 is 0. The molecular formula is C4H10BN. The number of hydrogen-bond acceptors (Lipinski definition) is 1. The molecule has 0 rings (SSSR count). The summed E-state index contributed by atoms with van der Waals surface area (Å²) in [5, 5.41) is 2.97. The Morgan fingerprint density at radius 2 is 2.33 bits per heavy atom. The number of nitrogens with one attached hydrogen (secondary N) is 1. The Morgan fingerprint density at radius 1 is 1.83 bits per heavy atom. The van der Waals surface area contributed by atoms with Gasteiger partial charge in [0, 0.05) is 0 Å². The minimum atomic E-state index is 0.931. The van der Waals surface area contributed by atoms with E-state index in [0.717, 1.165) is 7.41 Å². The molecule has 0 aromatic heterocycles. The Hall–Kier alpha value is -0.235. The van der Waals surface area contributed by atoms with Crippen LogP contribution in [0.5, 0.6) is 0 Å². The first-order valence-electron chi connectivity index (χ1n) is 2.06. The Morgan fingerprint density at radius 3 is 2.33 bits per heavy atom. The molecule has 0 heterocycles. The van der Waals surface area contributed by atoms with E-state index in [9.17, 15) is 0 Å². The molecule has 0 amide bonds. The molecule has 0 aromatic rings. The summed E-state index contributed by atoms with van der Waals surface area (Å²) in [5.74, 6) is 0. The highest BCUT2D eigenvalue weighted by molar-refractivity contribution is 6.41. The molecule has 0 saturated carbocycles. The fraction of sp³-hybridized carbons (Fsp3) is 0.500. The molecule has 2 heteroatoms. The van der Waals surface area contributed by atoms with Crippen molar-refractivity contribution in [2.75, 3.05) is 7.05 Å². The predicted octanol–water partition coefficient (Wildman–Crippen LogP) is 0.0909. The fourth-order valence-electron chi connectivity index (χ4n) is 0.302. The Bertz CT molecular complexity index is 51.5. The molecule has 6 heavy (non-hydrogen) atoms. The van der Waals surface area contributed by atoms with Crippen LogP contribution in [0.3, 0.4) is 0 Å². The van der Waals surface area contributed by atoms with E-state index >= 15 is 0 Å². The van der Waals surface area contributed by atoms with Crippen molar-refractivity contribution in [3.05, 3.63) is 12.1 Å². The van der Waals surface area contributed by atoms with Crippen LogP contribution in [0.4, 0.5) is 0 Å². The molecule has 0 spiro atoms. The molecule has 0 atom stereocenters. The minimum absolute atomic E-state index is 0.931. The van der Waals surface area contributed by atoms with Crippen LogP contribution in [0.1, 0.15) is 6.92 Å². The van der Waals surface area contributed by atoms with Crippen LogP contribution in [-0.4, -0.2) is 14.5 Å². The van der Waals surface area contributed by atoms with Crippen molar-refractivity contribution in [3.63, 3.8) is 0 Å². The Labute approximate surface area is 39.7 Å². The maximum Gasteiger partial charge on any atom is 0.230 e. The second-order valence-corrected chi connectivity index (χ2v) is 1.49. The van der Waals surface area contributed by atoms with Crippen molar-refractivity contribution in [1.29, 1.82) is 0 Å². The Balaban J connectivity index is 2.83. The smallest absolute Gasteiger partial charge is 0.230 e. The highest BCUT2D eigenvalue weighted by atomic mass is 14.7. The maximum atomic E-state index is 3.68. The number of rotatable bonds is 2. The average molecular weight is 82.9 g/mol. The first-order valence-corrected chi connectivity index (χ1v) is 2.06. The highest BCUT2D eigenvalue weighted by Gasteiger charge is 1.79. The molecule has 0 bridgehead atoms. The van der Waals surface area contributed by atoms with Gasteiger partial charge in [-0.25, -0.2) is 0 Å². The van der Waals surface area contributed by atoms with E-state index in [2.05, 4.69) is 11.8 Å². The second-order valence-electron chi connectivity index (χ2n) is 1.49. The van der Waals surface area contributed by atoms with E-state index in [0.29, 0.717) is 0 Å². The van der Waals surface area contributed by atoms with E-state index in [-0.39, 0.29) is 0 Å². The van der Waals surface area contributed by atoms with E-state index in [1.165, 1.54) is 5.47 Å². The SMILES string of the molecule is C=C(C)BNC. The minimum Gasteiger partial charge on any atom is -0.358 e. The molecule has 0 aromatic carbocycles. The van der Waals surface area contributed by atoms with Gasteiger partial charge in [0.25, 0.3) is 0 Å². The van der Waals surface area contributed by atoms with E-state index in [1.54, 1.807) is 0 Å². The summed E-state index contributed by atoms with van der Waals surface area (Å²) in [7, 11) is 2.84. The van der Waals surface area contributed by atoms with Crippen LogP contribution < -0.4 is 5.23 Å². The second kappa shape index (κ2) is 2.97. The van der Waals surface area contributed by atoms with Crippen LogP contribution in [0.25, 0.3) is 0 Å². The summed E-state index contributed by atoms with van der Waals surface area (Å²) in [4.78, 5) is 0. The van der Waals surface area contributed by atoms with Crippen LogP contribution in [-0.2, 0) is 0 Å². The zero-order chi connectivity index (χ0) is 4.99. The van der Waals surface area contributed by atoms with Gasteiger partial charge in [-0.3, -0.25) is 0 Å². The van der Waals surface area contributed by atoms with Crippen LogP contribution in [0.15, 0.2) is 12.1 Å². The molecule has 0 aliphatic rings. The monoisotopic (exact) mass is 83.1 g/mol. The molecular weight excluding hydrogens is 72.9 g/mol. The topological polar surface area (TPSA) is 12.0 Å². The van der Waals surface area contributed by atoms with Gasteiger partial charge < -0.3 is 5.23 Å². The van der Waals surface area contributed by atoms with Gasteiger partial charge in [-0.2, -0.15) is 0 Å². The molecule has 0 unspecified atom stereocenters. The Kier molecular flexibility index (Phi) is 2.86. The number of allylic oxidation sites excluding steroid dienone is 1. The number of hydrogen-bond donors (Lipinski definition) is 1. The summed E-state index contributed by atoms with van der Waals surface area (Å²) in [6.45, 7) is 5.68. The van der Waals surface area contributed by atoms with Gasteiger partial charge in [0.2, 0.25) is 7.41 Å². The standard InChI is InChI=1S/C4H10BN/c1-4(2)5-6-3/h5-6H,1H2,2-3H3. The lowest BCUT2D eigenvalue weighted by Gasteiger charge is -1.87. The van der Waals surface area contributed by atoms with Gasteiger partial charge in [0.15, 0.2) is 0 Å². The van der Waals surface area contributed by atoms with Gasteiger partial charge in [0.05, 0.1) is 0 Å². The predicted molar refractivity (Wildman–Crippen MR) is 31.0 cm³/mol. The van der Waals surface area contributed by atoms with E-state index < -0.39 is 0 Å². The fourth-order valence-corrected chi connectivity index (χ4v) is 0.302. The van der Waals surface area contributed by atoms with Gasteiger partial charge in [0.1, 0.15) is 0 Å². The third-order valence-electron chi connectivity index (χ3n) is 0.479. The molecule has 0 saturated heterocycles. The van der Waals surface area contributed by atoms with Crippen molar-refractivity contribution >= 4 is 7.41 Å². The van der Waals surface area contributed by atoms with Crippen LogP contribution >= 0.6 is 0 Å². The average Bonchev–Trinajstić information content (AvgIpc) is 1.35. The normalized spacial score (nSPS) is 7.67. The third kappa shape index (κ3) is 3.76. The van der Waals surface area contributed by atoms with Gasteiger partial charge >= 0.3 is 0 Å². The van der Waals surface area contributed by atoms with Gasteiger partial charge in [-0.15, -0.1) is 6.58 Å². The molecule has 1 nitrogen and oxygen atoms in total. The van der Waals surface area contributed by atoms with Crippen LogP contribution in [0, 0.1) is 0 Å². The highest BCUT2D eigenvalue weighted by Crippen LogP contribution is 1.73. The lowest BCUT2D eigenvalue weighted by atomic mass is 9.86. The first kappa shape index (κ1) is 5.76. The van der Waals surface area contributed by atoms with Gasteiger partial charge in [-0.1, -0.05) is 12.4 Å². The molecule has 0 aliphatic carbocycles. The molecule has 34 valence electrons. The summed E-state index contributed by atoms with van der Waals surface area (Å²) in [6.07, 6.45) is 0. The van der Waals surface area contributed by atoms with Crippen LogP contribution in [0.2, 0.25) is 0 Å². The quantitative estimate of drug-likeness (QED) is 0.466. The zero-order valence-corrected chi connectivity index (χ0v) is 4.41. The van der Waals surface area contributed by atoms with Crippen molar-refractivity contribution in [2.45, 2.75) is 6.92 Å².